The summed E-state index contributed by atoms with van der Waals surface area (Å²) >= 11 is 0. The van der Waals surface area contributed by atoms with Gasteiger partial charge in [-0.1, -0.05) is 25.8 Å². The van der Waals surface area contributed by atoms with Crippen molar-refractivity contribution < 1.29 is 22.3 Å². The molecular weight excluding hydrogens is 309 g/mol. The highest BCUT2D eigenvalue weighted by molar-refractivity contribution is 7.89. The van der Waals surface area contributed by atoms with E-state index in [2.05, 4.69) is 4.72 Å². The SMILES string of the molecule is CCCCC(NS(=O)(=O)c1cc(F)ccc1C)C(=O)OCC. The average molecular weight is 331 g/mol. The summed E-state index contributed by atoms with van der Waals surface area (Å²) in [5.41, 5.74) is 0.409. The quantitative estimate of drug-likeness (QED) is 0.743. The molecule has 1 atom stereocenters. The van der Waals surface area contributed by atoms with Crippen LogP contribution in [0.15, 0.2) is 23.1 Å². The Labute approximate surface area is 130 Å². The van der Waals surface area contributed by atoms with Crippen molar-refractivity contribution in [3.8, 4) is 0 Å². The van der Waals surface area contributed by atoms with Crippen molar-refractivity contribution in [2.75, 3.05) is 6.61 Å². The normalized spacial score (nSPS) is 12.9. The van der Waals surface area contributed by atoms with Gasteiger partial charge in [-0.3, -0.25) is 4.79 Å². The first kappa shape index (κ1) is 18.6. The van der Waals surface area contributed by atoms with E-state index in [1.165, 1.54) is 12.1 Å². The third-order valence-corrected chi connectivity index (χ3v) is 4.77. The van der Waals surface area contributed by atoms with Crippen LogP contribution >= 0.6 is 0 Å². The van der Waals surface area contributed by atoms with Crippen LogP contribution in [0.1, 0.15) is 38.7 Å². The summed E-state index contributed by atoms with van der Waals surface area (Å²) < 4.78 is 45.3. The molecule has 0 saturated carbocycles. The van der Waals surface area contributed by atoms with Gasteiger partial charge in [-0.05, 0) is 38.0 Å². The zero-order chi connectivity index (χ0) is 16.8. The smallest absolute Gasteiger partial charge is 0.324 e. The number of hydrogen-bond donors (Lipinski definition) is 1. The van der Waals surface area contributed by atoms with Crippen LogP contribution in [0, 0.1) is 12.7 Å². The molecule has 0 aliphatic heterocycles. The van der Waals surface area contributed by atoms with Crippen LogP contribution in [-0.2, 0) is 19.6 Å². The fourth-order valence-corrected chi connectivity index (χ4v) is 3.47. The molecule has 0 radical (unpaired) electrons. The number of benzene rings is 1. The lowest BCUT2D eigenvalue weighted by atomic mass is 10.1. The van der Waals surface area contributed by atoms with Gasteiger partial charge in [0.25, 0.3) is 0 Å². The Morgan fingerprint density at radius 2 is 2.05 bits per heavy atom. The topological polar surface area (TPSA) is 72.5 Å². The molecule has 0 amide bonds. The number of esters is 1. The number of rotatable bonds is 8. The van der Waals surface area contributed by atoms with Crippen molar-refractivity contribution in [1.29, 1.82) is 0 Å². The van der Waals surface area contributed by atoms with E-state index in [4.69, 9.17) is 4.74 Å². The number of sulfonamides is 1. The number of ether oxygens (including phenoxy) is 1. The molecule has 22 heavy (non-hydrogen) atoms. The summed E-state index contributed by atoms with van der Waals surface area (Å²) in [7, 11) is -4.00. The maximum atomic E-state index is 13.3. The lowest BCUT2D eigenvalue weighted by Crippen LogP contribution is -2.42. The molecule has 0 heterocycles. The molecule has 0 bridgehead atoms. The molecular formula is C15H22FNO4S. The van der Waals surface area contributed by atoms with Gasteiger partial charge in [-0.2, -0.15) is 4.72 Å². The minimum Gasteiger partial charge on any atom is -0.465 e. The Bertz CT molecular complexity index is 616. The number of carbonyl (C=O) groups excluding carboxylic acids is 1. The Morgan fingerprint density at radius 1 is 1.36 bits per heavy atom. The van der Waals surface area contributed by atoms with Gasteiger partial charge in [0.1, 0.15) is 11.9 Å². The average Bonchev–Trinajstić information content (AvgIpc) is 2.46. The summed E-state index contributed by atoms with van der Waals surface area (Å²) in [6.45, 7) is 5.33. The van der Waals surface area contributed by atoms with Gasteiger partial charge in [-0.25, -0.2) is 12.8 Å². The Kier molecular flexibility index (Phi) is 6.96. The second-order valence-electron chi connectivity index (χ2n) is 4.98. The van der Waals surface area contributed by atoms with Gasteiger partial charge in [-0.15, -0.1) is 0 Å². The number of hydrogen-bond acceptors (Lipinski definition) is 4. The highest BCUT2D eigenvalue weighted by Crippen LogP contribution is 2.17. The predicted molar refractivity (Wildman–Crippen MR) is 81.4 cm³/mol. The van der Waals surface area contributed by atoms with Crippen molar-refractivity contribution in [2.24, 2.45) is 0 Å². The van der Waals surface area contributed by atoms with Gasteiger partial charge in [0.05, 0.1) is 11.5 Å². The van der Waals surface area contributed by atoms with E-state index in [-0.39, 0.29) is 11.5 Å². The maximum absolute atomic E-state index is 13.3. The van der Waals surface area contributed by atoms with Gasteiger partial charge < -0.3 is 4.74 Å². The monoisotopic (exact) mass is 331 g/mol. The second kappa shape index (κ2) is 8.24. The minimum atomic E-state index is -4.00. The number of unbranched alkanes of at least 4 members (excludes halogenated alkanes) is 1. The Morgan fingerprint density at radius 3 is 2.64 bits per heavy atom. The van der Waals surface area contributed by atoms with Crippen LogP contribution in [0.3, 0.4) is 0 Å². The molecule has 5 nitrogen and oxygen atoms in total. The fraction of sp³-hybridized carbons (Fsp3) is 0.533. The van der Waals surface area contributed by atoms with Crippen LogP contribution in [0.25, 0.3) is 0 Å². The second-order valence-corrected chi connectivity index (χ2v) is 6.66. The first-order chi connectivity index (χ1) is 10.3. The van der Waals surface area contributed by atoms with E-state index < -0.39 is 27.9 Å². The standard InChI is InChI=1S/C15H22FNO4S/c1-4-6-7-13(15(18)21-5-2)17-22(19,20)14-10-12(16)9-8-11(14)3/h8-10,13,17H,4-7H2,1-3H3. The van der Waals surface area contributed by atoms with Crippen molar-refractivity contribution in [1.82, 2.24) is 4.72 Å². The van der Waals surface area contributed by atoms with E-state index in [9.17, 15) is 17.6 Å². The van der Waals surface area contributed by atoms with E-state index in [0.717, 1.165) is 12.5 Å². The molecule has 1 unspecified atom stereocenters. The molecule has 1 aromatic rings. The van der Waals surface area contributed by atoms with Gasteiger partial charge in [0.2, 0.25) is 10.0 Å². The fourth-order valence-electron chi connectivity index (χ4n) is 1.99. The zero-order valence-electron chi connectivity index (χ0n) is 13.1. The number of aryl methyl sites for hydroxylation is 1. The van der Waals surface area contributed by atoms with Crippen molar-refractivity contribution in [3.05, 3.63) is 29.6 Å². The number of carbonyl (C=O) groups is 1. The van der Waals surface area contributed by atoms with E-state index in [1.807, 2.05) is 6.92 Å². The molecule has 0 saturated heterocycles. The van der Waals surface area contributed by atoms with Gasteiger partial charge in [0.15, 0.2) is 0 Å². The minimum absolute atomic E-state index is 0.168. The van der Waals surface area contributed by atoms with E-state index in [1.54, 1.807) is 13.8 Å². The lowest BCUT2D eigenvalue weighted by Gasteiger charge is -2.18. The summed E-state index contributed by atoms with van der Waals surface area (Å²) in [6, 6.07) is 2.55. The third-order valence-electron chi connectivity index (χ3n) is 3.15. The van der Waals surface area contributed by atoms with E-state index in [0.29, 0.717) is 18.4 Å². The summed E-state index contributed by atoms with van der Waals surface area (Å²) in [4.78, 5) is 11.7. The van der Waals surface area contributed by atoms with Crippen molar-refractivity contribution in [2.45, 2.75) is 51.0 Å². The van der Waals surface area contributed by atoms with Crippen LogP contribution in [0.4, 0.5) is 4.39 Å². The molecule has 7 heteroatoms. The van der Waals surface area contributed by atoms with Crippen molar-refractivity contribution in [3.63, 3.8) is 0 Å². The zero-order valence-corrected chi connectivity index (χ0v) is 13.9. The Hall–Kier alpha value is -1.47. The Balaban J connectivity index is 3.03. The first-order valence-corrected chi connectivity index (χ1v) is 8.75. The molecule has 1 rings (SSSR count). The summed E-state index contributed by atoms with van der Waals surface area (Å²) in [5, 5.41) is 0. The van der Waals surface area contributed by atoms with Crippen molar-refractivity contribution >= 4 is 16.0 Å². The molecule has 0 aliphatic rings. The number of nitrogens with one attached hydrogen (secondary N) is 1. The maximum Gasteiger partial charge on any atom is 0.324 e. The van der Waals surface area contributed by atoms with Crippen LogP contribution in [0.2, 0.25) is 0 Å². The summed E-state index contributed by atoms with van der Waals surface area (Å²) in [5.74, 6) is -1.26. The molecule has 0 spiro atoms. The van der Waals surface area contributed by atoms with Gasteiger partial charge in [0, 0.05) is 0 Å². The molecule has 1 N–H and O–H groups in total. The van der Waals surface area contributed by atoms with Crippen LogP contribution in [-0.4, -0.2) is 27.0 Å². The molecule has 0 aromatic heterocycles. The third kappa shape index (κ3) is 5.06. The van der Waals surface area contributed by atoms with Crippen LogP contribution < -0.4 is 4.72 Å². The van der Waals surface area contributed by atoms with E-state index >= 15 is 0 Å². The molecule has 0 aliphatic carbocycles. The lowest BCUT2D eigenvalue weighted by molar-refractivity contribution is -0.145. The largest absolute Gasteiger partial charge is 0.465 e. The van der Waals surface area contributed by atoms with Gasteiger partial charge >= 0.3 is 5.97 Å². The molecule has 124 valence electrons. The first-order valence-electron chi connectivity index (χ1n) is 7.27. The summed E-state index contributed by atoms with van der Waals surface area (Å²) in [6.07, 6.45) is 1.83. The highest BCUT2D eigenvalue weighted by atomic mass is 32.2. The molecule has 0 fully saturated rings. The highest BCUT2D eigenvalue weighted by Gasteiger charge is 2.27. The molecule has 1 aromatic carbocycles. The number of halogens is 1. The predicted octanol–water partition coefficient (Wildman–Crippen LogP) is 2.53. The van der Waals surface area contributed by atoms with Crippen LogP contribution in [0.5, 0.6) is 0 Å².